The van der Waals surface area contributed by atoms with Crippen molar-refractivity contribution in [2.45, 2.75) is 38.8 Å². The quantitative estimate of drug-likeness (QED) is 0.799. The minimum atomic E-state index is 0.144. The molecule has 0 bridgehead atoms. The van der Waals surface area contributed by atoms with E-state index in [1.807, 2.05) is 19.1 Å². The molecule has 86 valence electrons. The van der Waals surface area contributed by atoms with Crippen molar-refractivity contribution in [1.82, 2.24) is 5.32 Å². The van der Waals surface area contributed by atoms with Crippen molar-refractivity contribution < 1.29 is 5.11 Å². The predicted molar refractivity (Wildman–Crippen MR) is 64.0 cm³/mol. The van der Waals surface area contributed by atoms with E-state index in [4.69, 9.17) is 5.26 Å². The van der Waals surface area contributed by atoms with Crippen LogP contribution in [0, 0.1) is 11.3 Å². The number of hydrogen-bond acceptors (Lipinski definition) is 3. The first-order chi connectivity index (χ1) is 7.67. The number of nitriles is 1. The van der Waals surface area contributed by atoms with Gasteiger partial charge in [0.2, 0.25) is 0 Å². The number of benzene rings is 1. The van der Waals surface area contributed by atoms with Crippen LogP contribution >= 0.6 is 0 Å². The number of phenolic OH excluding ortho intramolecular Hbond substituents is 1. The summed E-state index contributed by atoms with van der Waals surface area (Å²) in [6, 6.07) is 9.73. The summed E-state index contributed by atoms with van der Waals surface area (Å²) in [6.45, 7) is 4.10. The molecule has 1 aromatic rings. The van der Waals surface area contributed by atoms with Crippen molar-refractivity contribution in [2.24, 2.45) is 0 Å². The molecule has 0 aromatic heterocycles. The second kappa shape index (κ2) is 6.14. The van der Waals surface area contributed by atoms with Crippen molar-refractivity contribution in [3.8, 4) is 11.8 Å². The van der Waals surface area contributed by atoms with Gasteiger partial charge in [-0.15, -0.1) is 0 Å². The van der Waals surface area contributed by atoms with Gasteiger partial charge in [0.05, 0.1) is 12.5 Å². The molecule has 2 unspecified atom stereocenters. The Hall–Kier alpha value is -1.53. The number of phenols is 1. The average Bonchev–Trinajstić information content (AvgIpc) is 2.28. The van der Waals surface area contributed by atoms with Gasteiger partial charge in [-0.3, -0.25) is 0 Å². The van der Waals surface area contributed by atoms with E-state index in [2.05, 4.69) is 18.3 Å². The normalized spacial score (nSPS) is 14.1. The maximum atomic E-state index is 9.38. The van der Waals surface area contributed by atoms with E-state index in [-0.39, 0.29) is 17.8 Å². The highest BCUT2D eigenvalue weighted by atomic mass is 16.3. The first kappa shape index (κ1) is 12.5. The Morgan fingerprint density at radius 3 is 2.81 bits per heavy atom. The Morgan fingerprint density at radius 1 is 1.50 bits per heavy atom. The minimum absolute atomic E-state index is 0.144. The van der Waals surface area contributed by atoms with Crippen LogP contribution in [-0.2, 0) is 0 Å². The molecule has 1 aromatic carbocycles. The van der Waals surface area contributed by atoms with Gasteiger partial charge in [0, 0.05) is 12.1 Å². The highest BCUT2D eigenvalue weighted by molar-refractivity contribution is 5.29. The zero-order valence-electron chi connectivity index (χ0n) is 9.77. The molecule has 0 saturated carbocycles. The Labute approximate surface area is 96.7 Å². The predicted octanol–water partition coefficient (Wildman–Crippen LogP) is 2.74. The van der Waals surface area contributed by atoms with E-state index in [0.29, 0.717) is 6.42 Å². The van der Waals surface area contributed by atoms with E-state index in [1.165, 1.54) is 0 Å². The molecule has 0 heterocycles. The lowest BCUT2D eigenvalue weighted by molar-refractivity contribution is 0.442. The van der Waals surface area contributed by atoms with Crippen LogP contribution in [0.3, 0.4) is 0 Å². The summed E-state index contributed by atoms with van der Waals surface area (Å²) in [5.41, 5.74) is 1.04. The molecule has 16 heavy (non-hydrogen) atoms. The summed E-state index contributed by atoms with van der Waals surface area (Å²) in [5.74, 6) is 0.277. The van der Waals surface area contributed by atoms with E-state index in [9.17, 15) is 5.11 Å². The molecule has 0 radical (unpaired) electrons. The molecular formula is C13H18N2O. The Bertz CT molecular complexity index is 370. The topological polar surface area (TPSA) is 56.0 Å². The minimum Gasteiger partial charge on any atom is -0.508 e. The lowest BCUT2D eigenvalue weighted by Crippen LogP contribution is -2.30. The maximum absolute atomic E-state index is 9.38. The fraction of sp³-hybridized carbons (Fsp3) is 0.462. The molecular weight excluding hydrogens is 200 g/mol. The summed E-state index contributed by atoms with van der Waals surface area (Å²) in [7, 11) is 0. The molecule has 0 aliphatic carbocycles. The highest BCUT2D eigenvalue weighted by Gasteiger charge is 2.11. The molecule has 0 aliphatic rings. The molecule has 0 saturated heterocycles. The SMILES string of the molecule is CCC(CC#N)NC(C)c1cccc(O)c1. The Balaban J connectivity index is 2.64. The summed E-state index contributed by atoms with van der Waals surface area (Å²) < 4.78 is 0. The first-order valence-electron chi connectivity index (χ1n) is 5.59. The smallest absolute Gasteiger partial charge is 0.115 e. The number of hydrogen-bond donors (Lipinski definition) is 2. The molecule has 0 spiro atoms. The van der Waals surface area contributed by atoms with Crippen LogP contribution < -0.4 is 5.32 Å². The molecule has 3 nitrogen and oxygen atoms in total. The molecule has 0 amide bonds. The van der Waals surface area contributed by atoms with E-state index in [1.54, 1.807) is 12.1 Å². The fourth-order valence-electron chi connectivity index (χ4n) is 1.68. The van der Waals surface area contributed by atoms with Crippen LogP contribution in [0.25, 0.3) is 0 Å². The highest BCUT2D eigenvalue weighted by Crippen LogP contribution is 2.18. The maximum Gasteiger partial charge on any atom is 0.115 e. The largest absolute Gasteiger partial charge is 0.508 e. The standard InChI is InChI=1S/C13H18N2O/c1-3-12(7-8-14)15-10(2)11-5-4-6-13(16)9-11/h4-6,9-10,12,15-16H,3,7H2,1-2H3. The zero-order chi connectivity index (χ0) is 12.0. The van der Waals surface area contributed by atoms with Crippen LogP contribution in [-0.4, -0.2) is 11.1 Å². The van der Waals surface area contributed by atoms with Gasteiger partial charge < -0.3 is 10.4 Å². The molecule has 2 atom stereocenters. The second-order valence-electron chi connectivity index (χ2n) is 3.95. The molecule has 2 N–H and O–H groups in total. The third-order valence-electron chi connectivity index (χ3n) is 2.69. The molecule has 0 fully saturated rings. The summed E-state index contributed by atoms with van der Waals surface area (Å²) >= 11 is 0. The van der Waals surface area contributed by atoms with Crippen molar-refractivity contribution in [3.05, 3.63) is 29.8 Å². The molecule has 3 heteroatoms. The van der Waals surface area contributed by atoms with E-state index >= 15 is 0 Å². The fourth-order valence-corrected chi connectivity index (χ4v) is 1.68. The van der Waals surface area contributed by atoms with E-state index < -0.39 is 0 Å². The molecule has 0 aliphatic heterocycles. The van der Waals surface area contributed by atoms with Gasteiger partial charge in [-0.1, -0.05) is 19.1 Å². The summed E-state index contributed by atoms with van der Waals surface area (Å²) in [5, 5.41) is 21.4. The van der Waals surface area contributed by atoms with Gasteiger partial charge in [0.25, 0.3) is 0 Å². The molecule has 1 rings (SSSR count). The van der Waals surface area contributed by atoms with Gasteiger partial charge in [-0.25, -0.2) is 0 Å². The zero-order valence-corrected chi connectivity index (χ0v) is 9.77. The van der Waals surface area contributed by atoms with Gasteiger partial charge in [-0.05, 0) is 31.0 Å². The number of nitrogens with one attached hydrogen (secondary N) is 1. The average molecular weight is 218 g/mol. The Kier molecular flexibility index (Phi) is 4.81. The van der Waals surface area contributed by atoms with Crippen molar-refractivity contribution >= 4 is 0 Å². The van der Waals surface area contributed by atoms with Crippen LogP contribution in [0.15, 0.2) is 24.3 Å². The van der Waals surface area contributed by atoms with Crippen molar-refractivity contribution in [1.29, 1.82) is 5.26 Å². The summed E-state index contributed by atoms with van der Waals surface area (Å²) in [4.78, 5) is 0. The number of aromatic hydroxyl groups is 1. The van der Waals surface area contributed by atoms with Gasteiger partial charge >= 0.3 is 0 Å². The van der Waals surface area contributed by atoms with Crippen molar-refractivity contribution in [2.75, 3.05) is 0 Å². The van der Waals surface area contributed by atoms with Gasteiger partial charge in [0.1, 0.15) is 5.75 Å². The summed E-state index contributed by atoms with van der Waals surface area (Å²) in [6.07, 6.45) is 1.44. The van der Waals surface area contributed by atoms with Crippen LogP contribution in [0.1, 0.15) is 38.3 Å². The third kappa shape index (κ3) is 3.56. The van der Waals surface area contributed by atoms with Crippen LogP contribution in [0.4, 0.5) is 0 Å². The third-order valence-corrected chi connectivity index (χ3v) is 2.69. The lowest BCUT2D eigenvalue weighted by Gasteiger charge is -2.20. The van der Waals surface area contributed by atoms with Crippen LogP contribution in [0.5, 0.6) is 5.75 Å². The second-order valence-corrected chi connectivity index (χ2v) is 3.95. The number of rotatable bonds is 5. The lowest BCUT2D eigenvalue weighted by atomic mass is 10.1. The Morgan fingerprint density at radius 2 is 2.25 bits per heavy atom. The van der Waals surface area contributed by atoms with Gasteiger partial charge in [-0.2, -0.15) is 5.26 Å². The van der Waals surface area contributed by atoms with Crippen LogP contribution in [0.2, 0.25) is 0 Å². The van der Waals surface area contributed by atoms with Gasteiger partial charge in [0.15, 0.2) is 0 Å². The first-order valence-corrected chi connectivity index (χ1v) is 5.59. The monoisotopic (exact) mass is 218 g/mol. The number of nitrogens with zero attached hydrogens (tertiary/aromatic N) is 1. The van der Waals surface area contributed by atoms with Crippen molar-refractivity contribution in [3.63, 3.8) is 0 Å². The van der Waals surface area contributed by atoms with E-state index in [0.717, 1.165) is 12.0 Å².